The molecule has 1 fully saturated rings. The predicted octanol–water partition coefficient (Wildman–Crippen LogP) is 1.66. The number of nitrogens with two attached hydrogens (primary N) is 1. The highest BCUT2D eigenvalue weighted by molar-refractivity contribution is 7.89. The molecule has 100 valence electrons. The smallest absolute Gasteiger partial charge is 0.238 e. The van der Waals surface area contributed by atoms with Crippen LogP contribution in [0.2, 0.25) is 0 Å². The van der Waals surface area contributed by atoms with E-state index in [0.717, 1.165) is 12.8 Å². The fraction of sp³-hybridized carbons (Fsp3) is 0.500. The first-order valence-electron chi connectivity index (χ1n) is 5.86. The van der Waals surface area contributed by atoms with Gasteiger partial charge in [0.05, 0.1) is 17.1 Å². The zero-order valence-electron chi connectivity index (χ0n) is 10.4. The topological polar surface area (TPSA) is 78.6 Å². The van der Waals surface area contributed by atoms with Crippen molar-refractivity contribution < 1.29 is 17.9 Å². The molecule has 5 nitrogen and oxygen atoms in total. The first-order chi connectivity index (χ1) is 8.36. The molecular weight excluding hydrogens is 254 g/mol. The summed E-state index contributed by atoms with van der Waals surface area (Å²) in [6, 6.07) is 4.43. The standard InChI is InChI=1S/C12H17NO4S/c1-8(2)16-11-6-5-10(18(13,14)15)7-12(11)17-9-3-4-9/h5-9H,3-4H2,1-2H3,(H2,13,14,15). The van der Waals surface area contributed by atoms with Crippen molar-refractivity contribution in [3.05, 3.63) is 18.2 Å². The van der Waals surface area contributed by atoms with Crippen molar-refractivity contribution in [3.63, 3.8) is 0 Å². The fourth-order valence-corrected chi connectivity index (χ4v) is 2.00. The molecule has 18 heavy (non-hydrogen) atoms. The number of sulfonamides is 1. The van der Waals surface area contributed by atoms with E-state index in [1.807, 2.05) is 13.8 Å². The Kier molecular flexibility index (Phi) is 3.49. The summed E-state index contributed by atoms with van der Waals surface area (Å²) in [6.45, 7) is 3.79. The number of rotatable bonds is 5. The molecular formula is C12H17NO4S. The summed E-state index contributed by atoms with van der Waals surface area (Å²) in [5.74, 6) is 0.988. The molecule has 0 aromatic heterocycles. The lowest BCUT2D eigenvalue weighted by Gasteiger charge is -2.15. The zero-order chi connectivity index (χ0) is 13.3. The molecule has 0 unspecified atom stereocenters. The molecule has 1 aromatic carbocycles. The summed E-state index contributed by atoms with van der Waals surface area (Å²) in [7, 11) is -3.72. The quantitative estimate of drug-likeness (QED) is 0.883. The second-order valence-electron chi connectivity index (χ2n) is 4.64. The number of benzene rings is 1. The Hall–Kier alpha value is -1.27. The molecule has 6 heteroatoms. The van der Waals surface area contributed by atoms with Crippen molar-refractivity contribution in [3.8, 4) is 11.5 Å². The Morgan fingerprint density at radius 1 is 1.28 bits per heavy atom. The van der Waals surface area contributed by atoms with Crippen LogP contribution in [0, 0.1) is 0 Å². The highest BCUT2D eigenvalue weighted by Crippen LogP contribution is 2.35. The number of primary sulfonamides is 1. The molecule has 0 bridgehead atoms. The summed E-state index contributed by atoms with van der Waals surface area (Å²) in [5.41, 5.74) is 0. The van der Waals surface area contributed by atoms with Gasteiger partial charge in [-0.25, -0.2) is 13.6 Å². The average Bonchev–Trinajstić information content (AvgIpc) is 3.02. The van der Waals surface area contributed by atoms with Crippen molar-refractivity contribution >= 4 is 10.0 Å². The van der Waals surface area contributed by atoms with E-state index >= 15 is 0 Å². The number of ether oxygens (including phenoxy) is 2. The van der Waals surface area contributed by atoms with Crippen LogP contribution in [-0.4, -0.2) is 20.6 Å². The maximum absolute atomic E-state index is 11.3. The summed E-state index contributed by atoms with van der Waals surface area (Å²) in [6.07, 6.45) is 2.13. The summed E-state index contributed by atoms with van der Waals surface area (Å²) < 4.78 is 33.8. The largest absolute Gasteiger partial charge is 0.487 e. The van der Waals surface area contributed by atoms with Crippen molar-refractivity contribution in [2.45, 2.75) is 43.8 Å². The minimum Gasteiger partial charge on any atom is -0.487 e. The highest BCUT2D eigenvalue weighted by Gasteiger charge is 2.26. The van der Waals surface area contributed by atoms with Gasteiger partial charge in [0, 0.05) is 6.07 Å². The molecule has 0 amide bonds. The number of hydrogen-bond acceptors (Lipinski definition) is 4. The van der Waals surface area contributed by atoms with E-state index in [4.69, 9.17) is 14.6 Å². The molecule has 1 aliphatic rings. The van der Waals surface area contributed by atoms with E-state index in [9.17, 15) is 8.42 Å². The molecule has 1 aromatic rings. The van der Waals surface area contributed by atoms with Crippen LogP contribution in [0.15, 0.2) is 23.1 Å². The van der Waals surface area contributed by atoms with E-state index in [1.54, 1.807) is 6.07 Å². The summed E-state index contributed by atoms with van der Waals surface area (Å²) in [5, 5.41) is 5.10. The van der Waals surface area contributed by atoms with Crippen LogP contribution in [0.1, 0.15) is 26.7 Å². The van der Waals surface area contributed by atoms with Gasteiger partial charge in [-0.15, -0.1) is 0 Å². The lowest BCUT2D eigenvalue weighted by Crippen LogP contribution is -2.13. The first kappa shape index (κ1) is 13.2. The third-order valence-electron chi connectivity index (χ3n) is 2.42. The Morgan fingerprint density at radius 3 is 2.44 bits per heavy atom. The molecule has 1 aliphatic carbocycles. The third kappa shape index (κ3) is 3.36. The van der Waals surface area contributed by atoms with Crippen molar-refractivity contribution in [2.24, 2.45) is 5.14 Å². The van der Waals surface area contributed by atoms with Gasteiger partial charge < -0.3 is 9.47 Å². The first-order valence-corrected chi connectivity index (χ1v) is 7.41. The van der Waals surface area contributed by atoms with Crippen molar-refractivity contribution in [2.75, 3.05) is 0 Å². The normalized spacial score (nSPS) is 15.8. The van der Waals surface area contributed by atoms with Crippen LogP contribution in [0.4, 0.5) is 0 Å². The lowest BCUT2D eigenvalue weighted by molar-refractivity contribution is 0.217. The van der Waals surface area contributed by atoms with Gasteiger partial charge in [-0.2, -0.15) is 0 Å². The van der Waals surface area contributed by atoms with E-state index in [-0.39, 0.29) is 17.1 Å². The lowest BCUT2D eigenvalue weighted by atomic mass is 10.3. The van der Waals surface area contributed by atoms with Crippen LogP contribution < -0.4 is 14.6 Å². The van der Waals surface area contributed by atoms with Crippen LogP contribution in [0.5, 0.6) is 11.5 Å². The van der Waals surface area contributed by atoms with Gasteiger partial charge in [-0.3, -0.25) is 0 Å². The van der Waals surface area contributed by atoms with Crippen molar-refractivity contribution in [1.82, 2.24) is 0 Å². The third-order valence-corrected chi connectivity index (χ3v) is 3.34. The second kappa shape index (κ2) is 4.78. The summed E-state index contributed by atoms with van der Waals surface area (Å²) >= 11 is 0. The van der Waals surface area contributed by atoms with Crippen LogP contribution in [-0.2, 0) is 10.0 Å². The molecule has 0 radical (unpaired) electrons. The molecule has 0 heterocycles. The molecule has 0 spiro atoms. The maximum atomic E-state index is 11.3. The molecule has 0 atom stereocenters. The molecule has 2 N–H and O–H groups in total. The minimum absolute atomic E-state index is 0.00751. The number of hydrogen-bond donors (Lipinski definition) is 1. The van der Waals surface area contributed by atoms with Gasteiger partial charge in [0.15, 0.2) is 11.5 Å². The van der Waals surface area contributed by atoms with Crippen LogP contribution in [0.3, 0.4) is 0 Å². The molecule has 2 rings (SSSR count). The Morgan fingerprint density at radius 2 is 1.94 bits per heavy atom. The van der Waals surface area contributed by atoms with Gasteiger partial charge in [0.2, 0.25) is 10.0 Å². The van der Waals surface area contributed by atoms with Gasteiger partial charge in [0.25, 0.3) is 0 Å². The monoisotopic (exact) mass is 271 g/mol. The highest BCUT2D eigenvalue weighted by atomic mass is 32.2. The summed E-state index contributed by atoms with van der Waals surface area (Å²) in [4.78, 5) is 0.0363. The van der Waals surface area contributed by atoms with Gasteiger partial charge in [-0.1, -0.05) is 0 Å². The van der Waals surface area contributed by atoms with Crippen molar-refractivity contribution in [1.29, 1.82) is 0 Å². The SMILES string of the molecule is CC(C)Oc1ccc(S(N)(=O)=O)cc1OC1CC1. The Labute approximate surface area is 107 Å². The van der Waals surface area contributed by atoms with E-state index in [1.165, 1.54) is 12.1 Å². The second-order valence-corrected chi connectivity index (χ2v) is 6.20. The average molecular weight is 271 g/mol. The van der Waals surface area contributed by atoms with Gasteiger partial charge in [-0.05, 0) is 38.8 Å². The Bertz CT molecular complexity index is 535. The van der Waals surface area contributed by atoms with Crippen LogP contribution in [0.25, 0.3) is 0 Å². The molecule has 0 saturated heterocycles. The maximum Gasteiger partial charge on any atom is 0.238 e. The van der Waals surface area contributed by atoms with Gasteiger partial charge >= 0.3 is 0 Å². The van der Waals surface area contributed by atoms with E-state index in [2.05, 4.69) is 0 Å². The molecule has 1 saturated carbocycles. The van der Waals surface area contributed by atoms with E-state index < -0.39 is 10.0 Å². The van der Waals surface area contributed by atoms with Crippen LogP contribution >= 0.6 is 0 Å². The predicted molar refractivity (Wildman–Crippen MR) is 67.2 cm³/mol. The van der Waals surface area contributed by atoms with Gasteiger partial charge in [0.1, 0.15) is 0 Å². The van der Waals surface area contributed by atoms with E-state index in [0.29, 0.717) is 11.5 Å². The fourth-order valence-electron chi connectivity index (χ4n) is 1.47. The Balaban J connectivity index is 2.34. The minimum atomic E-state index is -3.72. The zero-order valence-corrected chi connectivity index (χ0v) is 11.2. The molecule has 0 aliphatic heterocycles.